The zero-order valence-electron chi connectivity index (χ0n) is 23.6. The van der Waals surface area contributed by atoms with Crippen molar-refractivity contribution in [1.82, 2.24) is 35.1 Å². The highest BCUT2D eigenvalue weighted by atomic mass is 19.4. The molecule has 1 atom stereocenters. The lowest BCUT2D eigenvalue weighted by Crippen LogP contribution is -2.39. The summed E-state index contributed by atoms with van der Waals surface area (Å²) in [5, 5.41) is 23.8. The summed E-state index contributed by atoms with van der Waals surface area (Å²) in [6.45, 7) is 2.21. The fourth-order valence-corrected chi connectivity index (χ4v) is 5.08. The molecular formula is C29H30F3N9O2. The zero-order valence-corrected chi connectivity index (χ0v) is 23.6. The molecule has 0 amide bonds. The molecule has 2 aromatic carbocycles. The van der Waals surface area contributed by atoms with Crippen LogP contribution in [0.15, 0.2) is 55.1 Å². The first-order valence-corrected chi connectivity index (χ1v) is 13.7. The Balaban J connectivity index is 1.24. The van der Waals surface area contributed by atoms with Crippen molar-refractivity contribution < 1.29 is 22.6 Å². The first-order valence-electron chi connectivity index (χ1n) is 13.7. The van der Waals surface area contributed by atoms with E-state index in [1.165, 1.54) is 11.2 Å². The van der Waals surface area contributed by atoms with Gasteiger partial charge in [-0.25, -0.2) is 14.6 Å². The molecule has 1 saturated heterocycles. The quantitative estimate of drug-likeness (QED) is 0.269. The number of aromatic nitrogens is 6. The van der Waals surface area contributed by atoms with Gasteiger partial charge in [0.1, 0.15) is 30.0 Å². The lowest BCUT2D eigenvalue weighted by molar-refractivity contribution is -0.147. The normalized spacial score (nSPS) is 15.1. The third kappa shape index (κ3) is 7.75. The molecule has 1 N–H and O–H groups in total. The van der Waals surface area contributed by atoms with E-state index in [1.54, 1.807) is 42.4 Å². The highest BCUT2D eigenvalue weighted by Gasteiger charge is 2.33. The fourth-order valence-electron chi connectivity index (χ4n) is 5.08. The molecule has 1 aliphatic rings. The van der Waals surface area contributed by atoms with Crippen molar-refractivity contribution >= 4 is 11.6 Å². The van der Waals surface area contributed by atoms with Crippen LogP contribution in [0.25, 0.3) is 11.1 Å². The molecule has 1 aliphatic heterocycles. The largest absolute Gasteiger partial charge is 0.495 e. The standard InChI is InChI=1S/C29H30F3N9O2/c1-19(16-41-18-36-38-39-41)43-26-11-22(3-4-23(26)13-33)24-14-34-28(35-15-24)37-25-6-5-21(12-27(25)42-2)20-7-9-40(10-8-20)17-29(30,31)32/h3-6,11-12,14-15,18-20H,7-10,16-17H2,1-2H3,(H,34,35,37)/t19-/m0/s1. The van der Waals surface area contributed by atoms with Crippen molar-refractivity contribution in [1.29, 1.82) is 5.26 Å². The number of ether oxygens (including phenoxy) is 2. The molecule has 0 spiro atoms. The maximum atomic E-state index is 12.7. The number of rotatable bonds is 10. The number of likely N-dealkylation sites (tertiary alicyclic amines) is 1. The van der Waals surface area contributed by atoms with Crippen LogP contribution in [0.2, 0.25) is 0 Å². The summed E-state index contributed by atoms with van der Waals surface area (Å²) in [6, 6.07) is 13.2. The number of hydrogen-bond acceptors (Lipinski definition) is 10. The first kappa shape index (κ1) is 29.7. The Labute approximate surface area is 246 Å². The fraction of sp³-hybridized carbons (Fsp3) is 0.379. The summed E-state index contributed by atoms with van der Waals surface area (Å²) in [7, 11) is 1.56. The number of tetrazole rings is 1. The molecule has 2 aromatic heterocycles. The maximum Gasteiger partial charge on any atom is 0.401 e. The molecule has 0 saturated carbocycles. The number of alkyl halides is 3. The van der Waals surface area contributed by atoms with E-state index < -0.39 is 12.7 Å². The van der Waals surface area contributed by atoms with Gasteiger partial charge < -0.3 is 14.8 Å². The molecule has 11 nitrogen and oxygen atoms in total. The number of nitrogens with one attached hydrogen (secondary N) is 1. The summed E-state index contributed by atoms with van der Waals surface area (Å²) in [4.78, 5) is 10.4. The monoisotopic (exact) mass is 593 g/mol. The van der Waals surface area contributed by atoms with Crippen LogP contribution in [-0.4, -0.2) is 74.1 Å². The van der Waals surface area contributed by atoms with E-state index in [0.29, 0.717) is 61.2 Å². The number of hydrogen-bond donors (Lipinski definition) is 1. The Hall–Kier alpha value is -4.77. The van der Waals surface area contributed by atoms with E-state index in [-0.39, 0.29) is 12.0 Å². The molecule has 0 aliphatic carbocycles. The maximum absolute atomic E-state index is 12.7. The number of benzene rings is 2. The first-order chi connectivity index (χ1) is 20.7. The van der Waals surface area contributed by atoms with Crippen molar-refractivity contribution in [2.24, 2.45) is 0 Å². The minimum atomic E-state index is -4.18. The Morgan fingerprint density at radius 2 is 1.84 bits per heavy atom. The summed E-state index contributed by atoms with van der Waals surface area (Å²) >= 11 is 0. The molecule has 3 heterocycles. The van der Waals surface area contributed by atoms with Crippen LogP contribution in [0, 0.1) is 11.3 Å². The SMILES string of the molecule is COc1cc(C2CCN(CC(F)(F)F)CC2)ccc1Nc1ncc(-c2ccc(C#N)c(O[C@@H](C)Cn3cnnn3)c2)cn1. The van der Waals surface area contributed by atoms with Gasteiger partial charge in [-0.3, -0.25) is 4.90 Å². The van der Waals surface area contributed by atoms with Crippen LogP contribution < -0.4 is 14.8 Å². The third-order valence-corrected chi connectivity index (χ3v) is 7.18. The van der Waals surface area contributed by atoms with Crippen molar-refractivity contribution in [2.45, 2.75) is 44.5 Å². The van der Waals surface area contributed by atoms with E-state index >= 15 is 0 Å². The molecule has 224 valence electrons. The minimum absolute atomic E-state index is 0.159. The molecule has 0 unspecified atom stereocenters. The van der Waals surface area contributed by atoms with E-state index in [4.69, 9.17) is 9.47 Å². The van der Waals surface area contributed by atoms with Crippen LogP contribution in [-0.2, 0) is 6.54 Å². The number of nitriles is 1. The van der Waals surface area contributed by atoms with Gasteiger partial charge >= 0.3 is 6.18 Å². The second-order valence-electron chi connectivity index (χ2n) is 10.3. The minimum Gasteiger partial charge on any atom is -0.495 e. The second kappa shape index (κ2) is 13.0. The molecule has 1 fully saturated rings. The van der Waals surface area contributed by atoms with Gasteiger partial charge in [0.15, 0.2) is 0 Å². The van der Waals surface area contributed by atoms with Gasteiger partial charge in [0, 0.05) is 18.0 Å². The highest BCUT2D eigenvalue weighted by Crippen LogP contribution is 2.35. The predicted molar refractivity (Wildman–Crippen MR) is 151 cm³/mol. The van der Waals surface area contributed by atoms with E-state index in [9.17, 15) is 18.4 Å². The molecule has 0 radical (unpaired) electrons. The summed E-state index contributed by atoms with van der Waals surface area (Å²) in [5.74, 6) is 1.54. The van der Waals surface area contributed by atoms with Crippen LogP contribution in [0.5, 0.6) is 11.5 Å². The topological polar surface area (TPSA) is 127 Å². The predicted octanol–water partition coefficient (Wildman–Crippen LogP) is 4.96. The Kier molecular flexibility index (Phi) is 9.01. The van der Waals surface area contributed by atoms with E-state index in [0.717, 1.165) is 16.7 Å². The third-order valence-electron chi connectivity index (χ3n) is 7.18. The number of halogens is 3. The van der Waals surface area contributed by atoms with E-state index in [2.05, 4.69) is 36.9 Å². The molecular weight excluding hydrogens is 563 g/mol. The summed E-state index contributed by atoms with van der Waals surface area (Å²) in [6.07, 6.45) is 1.65. The van der Waals surface area contributed by atoms with Gasteiger partial charge in [0.2, 0.25) is 5.95 Å². The Morgan fingerprint density at radius 1 is 1.07 bits per heavy atom. The van der Waals surface area contributed by atoms with Gasteiger partial charge in [-0.1, -0.05) is 12.1 Å². The number of nitrogens with zero attached hydrogens (tertiary/aromatic N) is 8. The van der Waals surface area contributed by atoms with Crippen LogP contribution in [0.4, 0.5) is 24.8 Å². The average molecular weight is 594 g/mol. The number of methoxy groups -OCH3 is 1. The Bertz CT molecular complexity index is 1550. The van der Waals surface area contributed by atoms with Gasteiger partial charge in [0.05, 0.1) is 31.5 Å². The zero-order chi connectivity index (χ0) is 30.4. The summed E-state index contributed by atoms with van der Waals surface area (Å²) in [5.41, 5.74) is 3.59. The number of anilines is 2. The van der Waals surface area contributed by atoms with Gasteiger partial charge in [-0.05, 0) is 84.6 Å². The lowest BCUT2D eigenvalue weighted by Gasteiger charge is -2.32. The molecule has 14 heteroatoms. The molecule has 4 aromatic rings. The average Bonchev–Trinajstić information content (AvgIpc) is 3.50. The van der Waals surface area contributed by atoms with Crippen molar-refractivity contribution in [3.63, 3.8) is 0 Å². The smallest absolute Gasteiger partial charge is 0.401 e. The van der Waals surface area contributed by atoms with Crippen molar-refractivity contribution in [2.75, 3.05) is 32.1 Å². The van der Waals surface area contributed by atoms with Crippen LogP contribution in [0.1, 0.15) is 36.8 Å². The molecule has 5 rings (SSSR count). The van der Waals surface area contributed by atoms with Crippen molar-refractivity contribution in [3.8, 4) is 28.7 Å². The van der Waals surface area contributed by atoms with Gasteiger partial charge in [-0.2, -0.15) is 18.4 Å². The lowest BCUT2D eigenvalue weighted by atomic mass is 9.89. The van der Waals surface area contributed by atoms with E-state index in [1.807, 2.05) is 25.1 Å². The summed E-state index contributed by atoms with van der Waals surface area (Å²) < 4.78 is 51.4. The van der Waals surface area contributed by atoms with Gasteiger partial charge in [-0.15, -0.1) is 5.10 Å². The number of piperidine rings is 1. The molecule has 43 heavy (non-hydrogen) atoms. The van der Waals surface area contributed by atoms with Crippen LogP contribution >= 0.6 is 0 Å². The van der Waals surface area contributed by atoms with Crippen molar-refractivity contribution in [3.05, 3.63) is 66.2 Å². The van der Waals surface area contributed by atoms with Crippen LogP contribution in [0.3, 0.4) is 0 Å². The second-order valence-corrected chi connectivity index (χ2v) is 10.3. The Morgan fingerprint density at radius 3 is 2.49 bits per heavy atom. The highest BCUT2D eigenvalue weighted by molar-refractivity contribution is 5.68. The van der Waals surface area contributed by atoms with Gasteiger partial charge in [0.25, 0.3) is 0 Å². The molecule has 0 bridgehead atoms.